The minimum absolute atomic E-state index is 0.00991. The second-order valence-corrected chi connectivity index (χ2v) is 5.01. The number of carbonyl (C=O) groups excluding carboxylic acids is 2. The average molecular weight is 264 g/mol. The molecular weight excluding hydrogens is 252 g/mol. The Hall–Kier alpha value is -2.62. The maximum Gasteiger partial charge on any atom is 0.250 e. The first-order valence-corrected chi connectivity index (χ1v) is 6.56. The van der Waals surface area contributed by atoms with Crippen molar-refractivity contribution in [1.82, 2.24) is 0 Å². The number of hydrogen-bond donors (Lipinski definition) is 0. The highest BCUT2D eigenvalue weighted by atomic mass is 16.2. The fourth-order valence-corrected chi connectivity index (χ4v) is 2.92. The number of ketones is 1. The van der Waals surface area contributed by atoms with Gasteiger partial charge in [0.1, 0.15) is 6.54 Å². The van der Waals surface area contributed by atoms with E-state index in [1.165, 1.54) is 0 Å². The normalized spacial score (nSPS) is 16.6. The van der Waals surface area contributed by atoms with E-state index < -0.39 is 0 Å². The van der Waals surface area contributed by atoms with Gasteiger partial charge >= 0.3 is 0 Å². The predicted octanol–water partition coefficient (Wildman–Crippen LogP) is 2.19. The van der Waals surface area contributed by atoms with Crippen LogP contribution in [-0.2, 0) is 11.2 Å². The van der Waals surface area contributed by atoms with Gasteiger partial charge in [-0.1, -0.05) is 30.3 Å². The zero-order chi connectivity index (χ0) is 13.7. The number of hydrogen-bond acceptors (Lipinski definition) is 3. The molecule has 2 aliphatic rings. The Morgan fingerprint density at radius 2 is 1.55 bits per heavy atom. The molecule has 0 aliphatic carbocycles. The minimum atomic E-state index is 0.00991. The number of fused-ring (bicyclic) bond motifs is 2. The van der Waals surface area contributed by atoms with Crippen molar-refractivity contribution >= 4 is 23.1 Å². The molecule has 4 rings (SSSR count). The quantitative estimate of drug-likeness (QED) is 0.792. The van der Waals surface area contributed by atoms with E-state index in [0.717, 1.165) is 16.9 Å². The number of Topliss-reactive ketones (excluding diaryl/α,β-unsaturated/α-hetero) is 1. The van der Waals surface area contributed by atoms with E-state index in [0.29, 0.717) is 12.0 Å². The Labute approximate surface area is 116 Å². The lowest BCUT2D eigenvalue weighted by Crippen LogP contribution is -2.44. The van der Waals surface area contributed by atoms with Gasteiger partial charge in [0.05, 0.1) is 17.8 Å². The van der Waals surface area contributed by atoms with E-state index in [1.807, 2.05) is 48.5 Å². The summed E-state index contributed by atoms with van der Waals surface area (Å²) < 4.78 is 0. The summed E-state index contributed by atoms with van der Waals surface area (Å²) in [6.07, 6.45) is 0.392. The van der Waals surface area contributed by atoms with E-state index in [4.69, 9.17) is 0 Å². The van der Waals surface area contributed by atoms with Crippen LogP contribution in [0.3, 0.4) is 0 Å². The number of carbonyl (C=O) groups is 2. The fourth-order valence-electron chi connectivity index (χ4n) is 2.92. The SMILES string of the molecule is O=C1CN(N2C(=O)Cc3ccccc32)c2ccccc21. The minimum Gasteiger partial charge on any atom is -0.292 e. The molecule has 0 unspecified atom stereocenters. The van der Waals surface area contributed by atoms with Gasteiger partial charge in [0.2, 0.25) is 5.91 Å². The third-order valence-corrected chi connectivity index (χ3v) is 3.82. The molecule has 0 saturated heterocycles. The van der Waals surface area contributed by atoms with Crippen molar-refractivity contribution in [3.8, 4) is 0 Å². The predicted molar refractivity (Wildman–Crippen MR) is 75.8 cm³/mol. The van der Waals surface area contributed by atoms with Gasteiger partial charge in [-0.2, -0.15) is 0 Å². The van der Waals surface area contributed by atoms with Gasteiger partial charge in [-0.05, 0) is 23.8 Å². The Kier molecular flexibility index (Phi) is 2.21. The van der Waals surface area contributed by atoms with Crippen LogP contribution in [0.5, 0.6) is 0 Å². The molecule has 98 valence electrons. The molecule has 1 amide bonds. The van der Waals surface area contributed by atoms with Crippen LogP contribution in [0, 0.1) is 0 Å². The molecule has 0 saturated carbocycles. The number of anilines is 2. The lowest BCUT2D eigenvalue weighted by atomic mass is 10.1. The zero-order valence-corrected chi connectivity index (χ0v) is 10.7. The molecule has 2 aromatic rings. The number of amides is 1. The Bertz CT molecular complexity index is 739. The molecule has 0 spiro atoms. The second kappa shape index (κ2) is 3.93. The van der Waals surface area contributed by atoms with Gasteiger partial charge in [0.25, 0.3) is 0 Å². The monoisotopic (exact) mass is 264 g/mol. The maximum absolute atomic E-state index is 12.3. The van der Waals surface area contributed by atoms with E-state index in [1.54, 1.807) is 10.0 Å². The summed E-state index contributed by atoms with van der Waals surface area (Å²) in [5, 5.41) is 3.42. The van der Waals surface area contributed by atoms with Crippen LogP contribution in [0.15, 0.2) is 48.5 Å². The highest BCUT2D eigenvalue weighted by molar-refractivity contribution is 6.13. The third-order valence-electron chi connectivity index (χ3n) is 3.82. The third kappa shape index (κ3) is 1.42. The largest absolute Gasteiger partial charge is 0.292 e. The summed E-state index contributed by atoms with van der Waals surface area (Å²) in [5.74, 6) is 0.0634. The molecule has 0 atom stereocenters. The lowest BCUT2D eigenvalue weighted by Gasteiger charge is -2.30. The van der Waals surface area contributed by atoms with Crippen LogP contribution in [0.2, 0.25) is 0 Å². The number of nitrogens with zero attached hydrogens (tertiary/aromatic N) is 2. The Morgan fingerprint density at radius 3 is 2.40 bits per heavy atom. The smallest absolute Gasteiger partial charge is 0.250 e. The van der Waals surface area contributed by atoms with Crippen LogP contribution in [-0.4, -0.2) is 18.2 Å². The molecule has 0 bridgehead atoms. The Morgan fingerprint density at radius 1 is 0.850 bits per heavy atom. The molecule has 2 aromatic carbocycles. The van der Waals surface area contributed by atoms with Crippen LogP contribution in [0.25, 0.3) is 0 Å². The maximum atomic E-state index is 12.3. The van der Waals surface area contributed by atoms with Crippen molar-refractivity contribution < 1.29 is 9.59 Å². The summed E-state index contributed by atoms with van der Waals surface area (Å²) in [4.78, 5) is 24.4. The van der Waals surface area contributed by atoms with Gasteiger partial charge in [-0.3, -0.25) is 14.6 Å². The summed E-state index contributed by atoms with van der Waals surface area (Å²) >= 11 is 0. The van der Waals surface area contributed by atoms with Gasteiger partial charge < -0.3 is 0 Å². The second-order valence-electron chi connectivity index (χ2n) is 5.01. The molecule has 0 fully saturated rings. The number of para-hydroxylation sites is 2. The molecular formula is C16H12N2O2. The topological polar surface area (TPSA) is 40.6 Å². The van der Waals surface area contributed by atoms with Gasteiger partial charge in [0.15, 0.2) is 5.78 Å². The van der Waals surface area contributed by atoms with Crippen LogP contribution in [0.4, 0.5) is 11.4 Å². The highest BCUT2D eigenvalue weighted by Gasteiger charge is 2.37. The van der Waals surface area contributed by atoms with E-state index in [-0.39, 0.29) is 18.2 Å². The summed E-state index contributed by atoms with van der Waals surface area (Å²) in [5.41, 5.74) is 3.38. The van der Waals surface area contributed by atoms with Crippen LogP contribution in [0.1, 0.15) is 15.9 Å². The first kappa shape index (κ1) is 11.2. The first-order valence-electron chi connectivity index (χ1n) is 6.56. The molecule has 4 heteroatoms. The summed E-state index contributed by atoms with van der Waals surface area (Å²) in [6.45, 7) is 0.222. The molecule has 20 heavy (non-hydrogen) atoms. The van der Waals surface area contributed by atoms with Crippen molar-refractivity contribution in [3.63, 3.8) is 0 Å². The lowest BCUT2D eigenvalue weighted by molar-refractivity contribution is -0.117. The van der Waals surface area contributed by atoms with Gasteiger partial charge in [-0.15, -0.1) is 0 Å². The molecule has 0 N–H and O–H groups in total. The summed E-state index contributed by atoms with van der Waals surface area (Å²) in [6, 6.07) is 15.1. The van der Waals surface area contributed by atoms with Crippen LogP contribution < -0.4 is 10.0 Å². The molecule has 2 heterocycles. The van der Waals surface area contributed by atoms with Gasteiger partial charge in [0, 0.05) is 5.56 Å². The van der Waals surface area contributed by atoms with Crippen molar-refractivity contribution in [2.24, 2.45) is 0 Å². The standard InChI is InChI=1S/C16H12N2O2/c19-15-10-17(14-8-4-2-6-12(14)15)18-13-7-3-1-5-11(13)9-16(18)20/h1-8H,9-10H2. The van der Waals surface area contributed by atoms with E-state index in [9.17, 15) is 9.59 Å². The zero-order valence-electron chi connectivity index (χ0n) is 10.7. The highest BCUT2D eigenvalue weighted by Crippen LogP contribution is 2.36. The van der Waals surface area contributed by atoms with Crippen molar-refractivity contribution in [2.75, 3.05) is 16.6 Å². The van der Waals surface area contributed by atoms with Crippen LogP contribution >= 0.6 is 0 Å². The number of rotatable bonds is 1. The Balaban J connectivity index is 1.84. The molecule has 0 radical (unpaired) electrons. The average Bonchev–Trinajstić information content (AvgIpc) is 2.96. The van der Waals surface area contributed by atoms with Gasteiger partial charge in [-0.25, -0.2) is 5.01 Å². The fraction of sp³-hybridized carbons (Fsp3) is 0.125. The number of hydrazine groups is 1. The molecule has 2 aliphatic heterocycles. The number of benzene rings is 2. The van der Waals surface area contributed by atoms with E-state index in [2.05, 4.69) is 0 Å². The summed E-state index contributed by atoms with van der Waals surface area (Å²) in [7, 11) is 0. The van der Waals surface area contributed by atoms with Crippen molar-refractivity contribution in [3.05, 3.63) is 59.7 Å². The van der Waals surface area contributed by atoms with E-state index >= 15 is 0 Å². The molecule has 0 aromatic heterocycles. The molecule has 4 nitrogen and oxygen atoms in total. The first-order chi connectivity index (χ1) is 9.75. The van der Waals surface area contributed by atoms with Crippen molar-refractivity contribution in [2.45, 2.75) is 6.42 Å². The van der Waals surface area contributed by atoms with Crippen molar-refractivity contribution in [1.29, 1.82) is 0 Å².